The molecule has 0 spiro atoms. The highest BCUT2D eigenvalue weighted by atomic mass is 79.9. The predicted molar refractivity (Wildman–Crippen MR) is 75.8 cm³/mol. The van der Waals surface area contributed by atoms with Crippen molar-refractivity contribution in [2.24, 2.45) is 0 Å². The Balaban J connectivity index is 1.68. The van der Waals surface area contributed by atoms with Crippen LogP contribution in [0.25, 0.3) is 0 Å². The van der Waals surface area contributed by atoms with Gasteiger partial charge in [-0.2, -0.15) is 0 Å². The zero-order chi connectivity index (χ0) is 13.4. The maximum Gasteiger partial charge on any atom is 0.222 e. The molecule has 1 aromatic rings. The van der Waals surface area contributed by atoms with E-state index in [9.17, 15) is 9.90 Å². The van der Waals surface area contributed by atoms with E-state index in [-0.39, 0.29) is 0 Å². The summed E-state index contributed by atoms with van der Waals surface area (Å²) in [6.45, 7) is 3.36. The van der Waals surface area contributed by atoms with Gasteiger partial charge in [-0.1, -0.05) is 12.1 Å². The second-order valence-electron chi connectivity index (χ2n) is 5.26. The molecule has 2 aliphatic rings. The zero-order valence-electron chi connectivity index (χ0n) is 10.7. The first kappa shape index (κ1) is 12.9. The molecule has 1 aromatic carbocycles. The standard InChI is InChI=1S/C14H17BrN2O2/c15-12-3-1-2-10(14(12)19)8-16-6-7-17-11(9-16)4-5-13(17)18/h1-3,11,19H,4-9H2. The van der Waals surface area contributed by atoms with Crippen LogP contribution in [-0.4, -0.2) is 46.5 Å². The Morgan fingerprint density at radius 1 is 1.37 bits per heavy atom. The van der Waals surface area contributed by atoms with Crippen LogP contribution in [0.3, 0.4) is 0 Å². The van der Waals surface area contributed by atoms with Crippen LogP contribution in [0, 0.1) is 0 Å². The van der Waals surface area contributed by atoms with Crippen molar-refractivity contribution in [3.8, 4) is 5.75 Å². The molecule has 1 amide bonds. The molecule has 1 unspecified atom stereocenters. The Kier molecular flexibility index (Phi) is 3.50. The topological polar surface area (TPSA) is 43.8 Å². The van der Waals surface area contributed by atoms with Gasteiger partial charge in [-0.25, -0.2) is 0 Å². The van der Waals surface area contributed by atoms with Crippen molar-refractivity contribution in [2.45, 2.75) is 25.4 Å². The van der Waals surface area contributed by atoms with E-state index in [0.29, 0.717) is 24.1 Å². The summed E-state index contributed by atoms with van der Waals surface area (Å²) < 4.78 is 0.736. The largest absolute Gasteiger partial charge is 0.506 e. The zero-order valence-corrected chi connectivity index (χ0v) is 12.3. The van der Waals surface area contributed by atoms with Crippen LogP contribution in [0.1, 0.15) is 18.4 Å². The van der Waals surface area contributed by atoms with Crippen LogP contribution < -0.4 is 0 Å². The van der Waals surface area contributed by atoms with E-state index in [0.717, 1.165) is 42.6 Å². The van der Waals surface area contributed by atoms with Gasteiger partial charge in [0.2, 0.25) is 5.91 Å². The monoisotopic (exact) mass is 324 g/mol. The van der Waals surface area contributed by atoms with Crippen molar-refractivity contribution in [3.05, 3.63) is 28.2 Å². The number of nitrogens with zero attached hydrogens (tertiary/aromatic N) is 2. The highest BCUT2D eigenvalue weighted by Gasteiger charge is 2.35. The number of halogens is 1. The highest BCUT2D eigenvalue weighted by Crippen LogP contribution is 2.30. The number of hydrogen-bond donors (Lipinski definition) is 1. The molecule has 0 aliphatic carbocycles. The molecule has 5 heteroatoms. The molecule has 0 bridgehead atoms. The first-order valence-electron chi connectivity index (χ1n) is 6.63. The van der Waals surface area contributed by atoms with Crippen LogP contribution in [0.5, 0.6) is 5.75 Å². The van der Waals surface area contributed by atoms with E-state index in [1.165, 1.54) is 0 Å². The third-order valence-corrected chi connectivity index (χ3v) is 4.68. The lowest BCUT2D eigenvalue weighted by molar-refractivity contribution is -0.130. The van der Waals surface area contributed by atoms with Gasteiger partial charge in [0.25, 0.3) is 0 Å². The molecule has 102 valence electrons. The van der Waals surface area contributed by atoms with E-state index in [1.54, 1.807) is 0 Å². The summed E-state index contributed by atoms with van der Waals surface area (Å²) in [7, 11) is 0. The Bertz CT molecular complexity index is 506. The number of benzene rings is 1. The normalized spacial score (nSPS) is 23.7. The van der Waals surface area contributed by atoms with Gasteiger partial charge in [0.15, 0.2) is 0 Å². The Morgan fingerprint density at radius 3 is 3.05 bits per heavy atom. The Labute approximate surface area is 121 Å². The maximum atomic E-state index is 11.6. The van der Waals surface area contributed by atoms with Crippen molar-refractivity contribution < 1.29 is 9.90 Å². The minimum atomic E-state index is 0.301. The van der Waals surface area contributed by atoms with Gasteiger partial charge in [0, 0.05) is 44.2 Å². The summed E-state index contributed by atoms with van der Waals surface area (Å²) in [5.74, 6) is 0.627. The third kappa shape index (κ3) is 2.49. The van der Waals surface area contributed by atoms with Crippen LogP contribution in [-0.2, 0) is 11.3 Å². The number of piperazine rings is 1. The number of carbonyl (C=O) groups excluding carboxylic acids is 1. The van der Waals surface area contributed by atoms with E-state index in [2.05, 4.69) is 20.8 Å². The second kappa shape index (κ2) is 5.13. The number of phenols is 1. The van der Waals surface area contributed by atoms with Crippen molar-refractivity contribution in [1.29, 1.82) is 0 Å². The third-order valence-electron chi connectivity index (χ3n) is 4.04. The number of phenolic OH excluding ortho intramolecular Hbond substituents is 1. The van der Waals surface area contributed by atoms with Gasteiger partial charge in [-0.05, 0) is 28.4 Å². The van der Waals surface area contributed by atoms with E-state index in [4.69, 9.17) is 0 Å². The lowest BCUT2D eigenvalue weighted by atomic mass is 10.1. The minimum Gasteiger partial charge on any atom is -0.506 e. The lowest BCUT2D eigenvalue weighted by Crippen LogP contribution is -2.50. The molecular weight excluding hydrogens is 308 g/mol. The first-order chi connectivity index (χ1) is 9.15. The second-order valence-corrected chi connectivity index (χ2v) is 6.12. The van der Waals surface area contributed by atoms with Crippen LogP contribution in [0.15, 0.2) is 22.7 Å². The molecule has 2 heterocycles. The van der Waals surface area contributed by atoms with Gasteiger partial charge in [0.05, 0.1) is 4.47 Å². The van der Waals surface area contributed by atoms with Gasteiger partial charge in [-0.15, -0.1) is 0 Å². The van der Waals surface area contributed by atoms with Gasteiger partial charge >= 0.3 is 0 Å². The quantitative estimate of drug-likeness (QED) is 0.904. The molecule has 2 fully saturated rings. The summed E-state index contributed by atoms with van der Waals surface area (Å²) in [6, 6.07) is 6.10. The number of carbonyl (C=O) groups is 1. The lowest BCUT2D eigenvalue weighted by Gasteiger charge is -2.37. The number of amides is 1. The summed E-state index contributed by atoms with van der Waals surface area (Å²) in [5.41, 5.74) is 0.937. The predicted octanol–water partition coefficient (Wildman–Crippen LogP) is 1.96. The summed E-state index contributed by atoms with van der Waals surface area (Å²) in [6.07, 6.45) is 1.67. The molecule has 4 nitrogen and oxygen atoms in total. The Hall–Kier alpha value is -1.07. The molecule has 1 atom stereocenters. The van der Waals surface area contributed by atoms with E-state index in [1.807, 2.05) is 23.1 Å². The van der Waals surface area contributed by atoms with Crippen LogP contribution >= 0.6 is 15.9 Å². The fourth-order valence-corrected chi connectivity index (χ4v) is 3.41. The number of rotatable bonds is 2. The molecular formula is C14H17BrN2O2. The highest BCUT2D eigenvalue weighted by molar-refractivity contribution is 9.10. The molecule has 0 aromatic heterocycles. The number of fused-ring (bicyclic) bond motifs is 1. The van der Waals surface area contributed by atoms with Crippen molar-refractivity contribution in [2.75, 3.05) is 19.6 Å². The fraction of sp³-hybridized carbons (Fsp3) is 0.500. The maximum absolute atomic E-state index is 11.6. The number of para-hydroxylation sites is 1. The summed E-state index contributed by atoms with van der Waals surface area (Å²) >= 11 is 3.34. The van der Waals surface area contributed by atoms with Gasteiger partial charge < -0.3 is 10.0 Å². The van der Waals surface area contributed by atoms with Gasteiger partial charge in [-0.3, -0.25) is 9.69 Å². The number of hydrogen-bond acceptors (Lipinski definition) is 3. The molecule has 2 aliphatic heterocycles. The average Bonchev–Trinajstić information content (AvgIpc) is 2.76. The molecule has 1 N–H and O–H groups in total. The molecule has 0 radical (unpaired) electrons. The van der Waals surface area contributed by atoms with Crippen LogP contribution in [0.2, 0.25) is 0 Å². The van der Waals surface area contributed by atoms with Crippen molar-refractivity contribution in [1.82, 2.24) is 9.80 Å². The van der Waals surface area contributed by atoms with Crippen molar-refractivity contribution >= 4 is 21.8 Å². The summed E-state index contributed by atoms with van der Waals surface area (Å²) in [4.78, 5) is 16.0. The Morgan fingerprint density at radius 2 is 2.21 bits per heavy atom. The molecule has 2 saturated heterocycles. The fourth-order valence-electron chi connectivity index (χ4n) is 3.00. The first-order valence-corrected chi connectivity index (χ1v) is 7.42. The molecule has 3 rings (SSSR count). The van der Waals surface area contributed by atoms with Crippen molar-refractivity contribution in [3.63, 3.8) is 0 Å². The molecule has 19 heavy (non-hydrogen) atoms. The molecule has 0 saturated carbocycles. The van der Waals surface area contributed by atoms with E-state index >= 15 is 0 Å². The van der Waals surface area contributed by atoms with Crippen LogP contribution in [0.4, 0.5) is 0 Å². The number of aromatic hydroxyl groups is 1. The van der Waals surface area contributed by atoms with E-state index < -0.39 is 0 Å². The average molecular weight is 325 g/mol. The smallest absolute Gasteiger partial charge is 0.222 e. The summed E-state index contributed by atoms with van der Waals surface area (Å²) in [5, 5.41) is 10.0. The minimum absolute atomic E-state index is 0.301. The van der Waals surface area contributed by atoms with Gasteiger partial charge in [0.1, 0.15) is 5.75 Å². The SMILES string of the molecule is O=C1CCC2CN(Cc3cccc(Br)c3O)CCN12.